The third-order valence-electron chi connectivity index (χ3n) is 6.57. The second-order valence-electron chi connectivity index (χ2n) is 8.87. The number of piperazine rings is 1. The predicted molar refractivity (Wildman–Crippen MR) is 138 cm³/mol. The minimum atomic E-state index is -0.505. The molecule has 37 heavy (non-hydrogen) atoms. The number of anilines is 1. The van der Waals surface area contributed by atoms with E-state index in [9.17, 15) is 14.4 Å². The van der Waals surface area contributed by atoms with Gasteiger partial charge >= 0.3 is 6.03 Å². The average molecular weight is 520 g/mol. The molecule has 2 aromatic heterocycles. The quantitative estimate of drug-likeness (QED) is 0.484. The van der Waals surface area contributed by atoms with Crippen molar-refractivity contribution >= 4 is 30.0 Å². The molecular formula is C25H26FN9OS. The zero-order valence-corrected chi connectivity index (χ0v) is 21.6. The molecule has 0 spiro atoms. The van der Waals surface area contributed by atoms with E-state index in [1.54, 1.807) is 35.1 Å². The Balaban J connectivity index is 1.27. The first-order valence-electron chi connectivity index (χ1n) is 11.9. The van der Waals surface area contributed by atoms with Crippen LogP contribution in [0.4, 0.5) is 15.1 Å². The SMILES string of the molecule is CSc1c(C)nn(-c2ccnc(N3CCN(C(=O)N4N=CCC4c4cc(F)cc(C#N)c4)CC3)n2)c1C. The fraction of sp³-hybridized carbons (Fsp3) is 0.360. The largest absolute Gasteiger partial charge is 0.341 e. The summed E-state index contributed by atoms with van der Waals surface area (Å²) in [5.74, 6) is 0.781. The summed E-state index contributed by atoms with van der Waals surface area (Å²) in [6, 6.07) is 7.25. The van der Waals surface area contributed by atoms with Crippen LogP contribution >= 0.6 is 11.8 Å². The number of hydrogen-bond acceptors (Lipinski definition) is 8. The van der Waals surface area contributed by atoms with Gasteiger partial charge in [-0.3, -0.25) is 0 Å². The minimum absolute atomic E-state index is 0.218. The highest BCUT2D eigenvalue weighted by atomic mass is 32.2. The first-order valence-corrected chi connectivity index (χ1v) is 13.1. The van der Waals surface area contributed by atoms with Crippen molar-refractivity contribution < 1.29 is 9.18 Å². The maximum Gasteiger partial charge on any atom is 0.341 e. The molecule has 3 aromatic rings. The van der Waals surface area contributed by atoms with E-state index in [4.69, 9.17) is 4.98 Å². The lowest BCUT2D eigenvalue weighted by Crippen LogP contribution is -2.52. The maximum atomic E-state index is 14.0. The van der Waals surface area contributed by atoms with Gasteiger partial charge in [0, 0.05) is 51.1 Å². The van der Waals surface area contributed by atoms with Crippen LogP contribution in [0.3, 0.4) is 0 Å². The molecule has 2 aliphatic heterocycles. The number of halogens is 1. The Morgan fingerprint density at radius 2 is 1.97 bits per heavy atom. The summed E-state index contributed by atoms with van der Waals surface area (Å²) in [7, 11) is 0. The van der Waals surface area contributed by atoms with Gasteiger partial charge < -0.3 is 9.80 Å². The zero-order valence-electron chi connectivity index (χ0n) is 20.8. The van der Waals surface area contributed by atoms with Gasteiger partial charge in [0.25, 0.3) is 0 Å². The lowest BCUT2D eigenvalue weighted by atomic mass is 10.0. The van der Waals surface area contributed by atoms with Crippen molar-refractivity contribution in [3.05, 3.63) is 58.8 Å². The molecule has 1 unspecified atom stereocenters. The number of nitrogens with zero attached hydrogens (tertiary/aromatic N) is 9. The van der Waals surface area contributed by atoms with Gasteiger partial charge in [0.05, 0.1) is 34.0 Å². The molecule has 1 aromatic carbocycles. The first-order chi connectivity index (χ1) is 17.9. The summed E-state index contributed by atoms with van der Waals surface area (Å²) in [6.07, 6.45) is 5.87. The van der Waals surface area contributed by atoms with Gasteiger partial charge in [-0.2, -0.15) is 20.4 Å². The molecule has 0 saturated carbocycles. The summed E-state index contributed by atoms with van der Waals surface area (Å²) < 4.78 is 15.9. The van der Waals surface area contributed by atoms with Crippen molar-refractivity contribution in [1.29, 1.82) is 5.26 Å². The van der Waals surface area contributed by atoms with Crippen LogP contribution in [0.2, 0.25) is 0 Å². The molecule has 2 aliphatic rings. The number of carbonyl (C=O) groups excluding carboxylic acids is 1. The van der Waals surface area contributed by atoms with Gasteiger partial charge in [-0.1, -0.05) is 0 Å². The maximum absolute atomic E-state index is 14.0. The molecule has 0 radical (unpaired) electrons. The van der Waals surface area contributed by atoms with E-state index in [0.717, 1.165) is 16.3 Å². The van der Waals surface area contributed by atoms with Gasteiger partial charge in [-0.05, 0) is 43.9 Å². The van der Waals surface area contributed by atoms with Gasteiger partial charge in [-0.25, -0.2) is 23.9 Å². The normalized spacial score (nSPS) is 17.4. The summed E-state index contributed by atoms with van der Waals surface area (Å²) in [6.45, 7) is 6.06. The van der Waals surface area contributed by atoms with Crippen LogP contribution in [0.1, 0.15) is 35.0 Å². The van der Waals surface area contributed by atoms with Crippen LogP contribution in [-0.2, 0) is 0 Å². The van der Waals surface area contributed by atoms with Crippen molar-refractivity contribution in [3.8, 4) is 11.9 Å². The molecule has 1 fully saturated rings. The van der Waals surface area contributed by atoms with Crippen LogP contribution in [-0.4, -0.2) is 74.3 Å². The zero-order chi connectivity index (χ0) is 26.1. The summed E-state index contributed by atoms with van der Waals surface area (Å²) >= 11 is 1.66. The first kappa shape index (κ1) is 24.7. The van der Waals surface area contributed by atoms with Crippen LogP contribution < -0.4 is 4.90 Å². The number of rotatable bonds is 4. The van der Waals surface area contributed by atoms with Crippen molar-refractivity contribution in [2.45, 2.75) is 31.2 Å². The lowest BCUT2D eigenvalue weighted by molar-refractivity contribution is 0.139. The van der Waals surface area contributed by atoms with E-state index >= 15 is 0 Å². The molecule has 0 aliphatic carbocycles. The highest BCUT2D eigenvalue weighted by Crippen LogP contribution is 2.31. The Morgan fingerprint density at radius 1 is 1.19 bits per heavy atom. The third-order valence-corrected chi connectivity index (χ3v) is 7.57. The molecule has 1 saturated heterocycles. The summed E-state index contributed by atoms with van der Waals surface area (Å²) in [5, 5.41) is 19.5. The molecule has 0 bridgehead atoms. The molecule has 10 nitrogen and oxygen atoms in total. The van der Waals surface area contributed by atoms with Crippen LogP contribution in [0.5, 0.6) is 0 Å². The lowest BCUT2D eigenvalue weighted by Gasteiger charge is -2.37. The van der Waals surface area contributed by atoms with E-state index < -0.39 is 11.9 Å². The summed E-state index contributed by atoms with van der Waals surface area (Å²) in [4.78, 5) is 27.4. The van der Waals surface area contributed by atoms with Crippen molar-refractivity contribution in [1.82, 2.24) is 29.7 Å². The number of carbonyl (C=O) groups is 1. The monoisotopic (exact) mass is 519 g/mol. The van der Waals surface area contributed by atoms with Crippen molar-refractivity contribution in [2.24, 2.45) is 5.10 Å². The molecular weight excluding hydrogens is 493 g/mol. The number of aromatic nitrogens is 4. The molecule has 1 atom stereocenters. The molecule has 2 amide bonds. The number of hydrazone groups is 1. The highest BCUT2D eigenvalue weighted by Gasteiger charge is 2.34. The smallest absolute Gasteiger partial charge is 0.337 e. The van der Waals surface area contributed by atoms with Gasteiger partial charge in [0.15, 0.2) is 5.82 Å². The number of thioether (sulfide) groups is 1. The molecule has 12 heteroatoms. The average Bonchev–Trinajstić information content (AvgIpc) is 3.52. The minimum Gasteiger partial charge on any atom is -0.337 e. The second-order valence-corrected chi connectivity index (χ2v) is 9.68. The second kappa shape index (κ2) is 10.2. The van der Waals surface area contributed by atoms with Crippen molar-refractivity contribution in [3.63, 3.8) is 0 Å². The van der Waals surface area contributed by atoms with Crippen LogP contribution in [0.15, 0.2) is 40.5 Å². The van der Waals surface area contributed by atoms with E-state index in [-0.39, 0.29) is 11.6 Å². The molecule has 190 valence electrons. The van der Waals surface area contributed by atoms with Crippen LogP contribution in [0, 0.1) is 31.0 Å². The number of urea groups is 1. The van der Waals surface area contributed by atoms with E-state index in [2.05, 4.69) is 15.2 Å². The van der Waals surface area contributed by atoms with Gasteiger partial charge in [0.1, 0.15) is 5.82 Å². The Bertz CT molecular complexity index is 1410. The van der Waals surface area contributed by atoms with Crippen molar-refractivity contribution in [2.75, 3.05) is 37.3 Å². The van der Waals surface area contributed by atoms with E-state index in [0.29, 0.717) is 49.9 Å². The Hall–Kier alpha value is -3.98. The van der Waals surface area contributed by atoms with Gasteiger partial charge in [0.2, 0.25) is 5.95 Å². The Morgan fingerprint density at radius 3 is 2.68 bits per heavy atom. The number of nitriles is 1. The number of benzene rings is 1. The Kier molecular flexibility index (Phi) is 6.80. The van der Waals surface area contributed by atoms with Crippen LogP contribution in [0.25, 0.3) is 5.82 Å². The highest BCUT2D eigenvalue weighted by molar-refractivity contribution is 7.98. The number of aryl methyl sites for hydroxylation is 1. The molecule has 5 rings (SSSR count). The van der Waals surface area contributed by atoms with E-state index in [1.807, 2.05) is 41.8 Å². The standard InChI is InChI=1S/C25H26FN9OS/c1-16-23(37-3)17(2)34(31-16)22-5-6-28-24(30-22)32-8-10-33(11-9-32)25(36)35-21(4-7-29-35)19-12-18(15-27)13-20(26)14-19/h5-7,12-14,21H,4,8-11H2,1-3H3. The summed E-state index contributed by atoms with van der Waals surface area (Å²) in [5.41, 5.74) is 2.77. The van der Waals surface area contributed by atoms with Gasteiger partial charge in [-0.15, -0.1) is 11.8 Å². The fourth-order valence-corrected chi connectivity index (χ4v) is 5.46. The van der Waals surface area contributed by atoms with E-state index in [1.165, 1.54) is 17.1 Å². The number of hydrogen-bond donors (Lipinski definition) is 0. The fourth-order valence-electron chi connectivity index (χ4n) is 4.74. The molecule has 0 N–H and O–H groups in total. The predicted octanol–water partition coefficient (Wildman–Crippen LogP) is 3.69. The molecule has 4 heterocycles. The third kappa shape index (κ3) is 4.74. The number of amides is 2. The topological polar surface area (TPSA) is 107 Å². The Labute approximate surface area is 218 Å².